The molecular formula is C23H38Cl2N2O3S. The molecule has 1 aliphatic heterocycles. The minimum Gasteiger partial charge on any atom is -0.354 e. The van der Waals surface area contributed by atoms with Gasteiger partial charge in [0.2, 0.25) is 15.9 Å². The smallest absolute Gasteiger partial charge is 0.244 e. The topological polar surface area (TPSA) is 66.5 Å². The van der Waals surface area contributed by atoms with Crippen molar-refractivity contribution in [3.8, 4) is 0 Å². The molecule has 1 N–H and O–H groups in total. The van der Waals surface area contributed by atoms with Gasteiger partial charge in [0.1, 0.15) is 4.90 Å². The fraction of sp³-hybridized carbons (Fsp3) is 0.696. The molecule has 0 radical (unpaired) electrons. The van der Waals surface area contributed by atoms with Crippen LogP contribution in [0.3, 0.4) is 0 Å². The quantitative estimate of drug-likeness (QED) is 0.525. The lowest BCUT2D eigenvalue weighted by molar-refractivity contribution is -0.125. The van der Waals surface area contributed by atoms with Crippen LogP contribution < -0.4 is 5.32 Å². The summed E-state index contributed by atoms with van der Waals surface area (Å²) in [5.41, 5.74) is 0. The molecule has 2 fully saturated rings. The van der Waals surface area contributed by atoms with Gasteiger partial charge in [-0.25, -0.2) is 8.42 Å². The van der Waals surface area contributed by atoms with Crippen molar-refractivity contribution >= 4 is 39.1 Å². The molecule has 178 valence electrons. The molecule has 5 nitrogen and oxygen atoms in total. The van der Waals surface area contributed by atoms with Crippen LogP contribution in [0.1, 0.15) is 79.1 Å². The molecule has 0 aromatic heterocycles. The molecule has 3 rings (SSSR count). The van der Waals surface area contributed by atoms with E-state index >= 15 is 0 Å². The number of halogens is 2. The molecule has 1 aromatic rings. The Morgan fingerprint density at radius 3 is 2.23 bits per heavy atom. The third-order valence-electron chi connectivity index (χ3n) is 6.04. The second-order valence-electron chi connectivity index (χ2n) is 8.13. The Morgan fingerprint density at radius 1 is 0.968 bits per heavy atom. The number of carbonyl (C=O) groups excluding carboxylic acids is 1. The van der Waals surface area contributed by atoms with Crippen LogP contribution >= 0.6 is 23.2 Å². The van der Waals surface area contributed by atoms with Crippen molar-refractivity contribution in [1.82, 2.24) is 9.62 Å². The summed E-state index contributed by atoms with van der Waals surface area (Å²) in [6.07, 6.45) is 10.2. The van der Waals surface area contributed by atoms with Gasteiger partial charge >= 0.3 is 0 Å². The van der Waals surface area contributed by atoms with E-state index in [9.17, 15) is 13.2 Å². The standard InChI is InChI=1S/C21H30Cl2N2O3S.2CH4/c22-17-11-12-20(19(23)14-17)29(27,28)25-13-7-6-10-18(25)15-24-21(26)16-8-4-2-1-3-5-9-16;;/h11-12,14,16,18H,1-10,13,15H2,(H,24,26);2*1H4. The van der Waals surface area contributed by atoms with E-state index in [1.54, 1.807) is 0 Å². The predicted octanol–water partition coefficient (Wildman–Crippen LogP) is 6.29. The van der Waals surface area contributed by atoms with Gasteiger partial charge in [-0.05, 0) is 43.9 Å². The first-order valence-electron chi connectivity index (χ1n) is 10.6. The first kappa shape index (κ1) is 28.2. The van der Waals surface area contributed by atoms with Crippen molar-refractivity contribution in [2.45, 2.75) is 90.0 Å². The highest BCUT2D eigenvalue weighted by Gasteiger charge is 2.35. The van der Waals surface area contributed by atoms with Gasteiger partial charge in [-0.1, -0.05) is 76.6 Å². The van der Waals surface area contributed by atoms with Crippen molar-refractivity contribution in [1.29, 1.82) is 0 Å². The molecule has 0 spiro atoms. The average molecular weight is 494 g/mol. The maximum Gasteiger partial charge on any atom is 0.244 e. The van der Waals surface area contributed by atoms with Gasteiger partial charge in [0.05, 0.1) is 5.02 Å². The largest absolute Gasteiger partial charge is 0.354 e. The first-order chi connectivity index (χ1) is 13.9. The number of piperidine rings is 1. The first-order valence-corrected chi connectivity index (χ1v) is 12.8. The van der Waals surface area contributed by atoms with Crippen molar-refractivity contribution in [2.24, 2.45) is 5.92 Å². The second kappa shape index (κ2) is 13.0. The summed E-state index contributed by atoms with van der Waals surface area (Å²) in [4.78, 5) is 12.8. The van der Waals surface area contributed by atoms with Gasteiger partial charge in [-0.2, -0.15) is 4.31 Å². The molecule has 1 aromatic carbocycles. The lowest BCUT2D eigenvalue weighted by atomic mass is 9.90. The number of hydrogen-bond acceptors (Lipinski definition) is 3. The number of carbonyl (C=O) groups is 1. The SMILES string of the molecule is C.C.O=C(NCC1CCCCN1S(=O)(=O)c1ccc(Cl)cc1Cl)C1CCCCCCC1. The van der Waals surface area contributed by atoms with Gasteiger partial charge in [0.15, 0.2) is 0 Å². The Bertz CT molecular complexity index is 809. The molecule has 31 heavy (non-hydrogen) atoms. The highest BCUT2D eigenvalue weighted by atomic mass is 35.5. The summed E-state index contributed by atoms with van der Waals surface area (Å²) in [6, 6.07) is 4.19. The molecule has 1 atom stereocenters. The third kappa shape index (κ3) is 7.34. The monoisotopic (exact) mass is 492 g/mol. The summed E-state index contributed by atoms with van der Waals surface area (Å²) in [5, 5.41) is 3.57. The summed E-state index contributed by atoms with van der Waals surface area (Å²) in [7, 11) is -3.75. The normalized spacial score (nSPS) is 21.2. The zero-order chi connectivity index (χ0) is 20.9. The number of sulfonamides is 1. The lowest BCUT2D eigenvalue weighted by Crippen LogP contribution is -2.50. The van der Waals surface area contributed by atoms with Gasteiger partial charge in [-0.3, -0.25) is 4.79 Å². The number of nitrogens with one attached hydrogen (secondary N) is 1. The summed E-state index contributed by atoms with van der Waals surface area (Å²) in [6.45, 7) is 0.783. The number of hydrogen-bond donors (Lipinski definition) is 1. The molecule has 1 amide bonds. The molecule has 1 saturated carbocycles. The predicted molar refractivity (Wildman–Crippen MR) is 130 cm³/mol. The average Bonchev–Trinajstić information content (AvgIpc) is 2.66. The molecule has 0 bridgehead atoms. The Kier molecular flexibility index (Phi) is 11.9. The molecule has 1 saturated heterocycles. The number of rotatable bonds is 5. The molecule has 2 aliphatic rings. The van der Waals surface area contributed by atoms with Crippen LogP contribution in [-0.2, 0) is 14.8 Å². The second-order valence-corrected chi connectivity index (χ2v) is 10.8. The summed E-state index contributed by atoms with van der Waals surface area (Å²) in [5.74, 6) is 0.119. The molecule has 1 aliphatic carbocycles. The Morgan fingerprint density at radius 2 is 1.58 bits per heavy atom. The van der Waals surface area contributed by atoms with E-state index in [0.717, 1.165) is 44.9 Å². The van der Waals surface area contributed by atoms with E-state index in [-0.39, 0.29) is 42.6 Å². The van der Waals surface area contributed by atoms with Crippen molar-refractivity contribution in [2.75, 3.05) is 13.1 Å². The van der Waals surface area contributed by atoms with E-state index in [1.165, 1.54) is 41.8 Å². The lowest BCUT2D eigenvalue weighted by Gasteiger charge is -2.35. The zero-order valence-electron chi connectivity index (χ0n) is 16.7. The number of benzene rings is 1. The van der Waals surface area contributed by atoms with Crippen molar-refractivity contribution in [3.63, 3.8) is 0 Å². The van der Waals surface area contributed by atoms with Crippen LogP contribution in [0.2, 0.25) is 10.0 Å². The minimum atomic E-state index is -3.75. The van der Waals surface area contributed by atoms with E-state index in [4.69, 9.17) is 23.2 Å². The van der Waals surface area contributed by atoms with E-state index in [2.05, 4.69) is 5.32 Å². The van der Waals surface area contributed by atoms with Crippen LogP contribution in [0.4, 0.5) is 0 Å². The maximum atomic E-state index is 13.2. The van der Waals surface area contributed by atoms with Gasteiger partial charge < -0.3 is 5.32 Å². The Labute approximate surface area is 198 Å². The zero-order valence-corrected chi connectivity index (χ0v) is 19.0. The van der Waals surface area contributed by atoms with Gasteiger partial charge in [0.25, 0.3) is 0 Å². The van der Waals surface area contributed by atoms with E-state index in [1.807, 2.05) is 0 Å². The minimum absolute atomic E-state index is 0. The fourth-order valence-corrected chi connectivity index (χ4v) is 6.83. The van der Waals surface area contributed by atoms with Gasteiger partial charge in [0, 0.05) is 30.1 Å². The molecule has 8 heteroatoms. The maximum absolute atomic E-state index is 13.2. The van der Waals surface area contributed by atoms with Crippen LogP contribution in [0.25, 0.3) is 0 Å². The summed E-state index contributed by atoms with van der Waals surface area (Å²) >= 11 is 12.1. The Balaban J connectivity index is 0.00000240. The molecular weight excluding hydrogens is 455 g/mol. The van der Waals surface area contributed by atoms with Crippen molar-refractivity contribution in [3.05, 3.63) is 28.2 Å². The fourth-order valence-electron chi connectivity index (χ4n) is 4.39. The van der Waals surface area contributed by atoms with Gasteiger partial charge in [-0.15, -0.1) is 0 Å². The molecule has 1 heterocycles. The highest BCUT2D eigenvalue weighted by Crippen LogP contribution is 2.31. The Hall–Kier alpha value is -0.820. The summed E-state index contributed by atoms with van der Waals surface area (Å²) < 4.78 is 28.0. The van der Waals surface area contributed by atoms with Crippen LogP contribution in [0.15, 0.2) is 23.1 Å². The third-order valence-corrected chi connectivity index (χ3v) is 8.71. The van der Waals surface area contributed by atoms with E-state index in [0.29, 0.717) is 18.1 Å². The molecule has 1 unspecified atom stereocenters. The van der Waals surface area contributed by atoms with E-state index < -0.39 is 10.0 Å². The van der Waals surface area contributed by atoms with Crippen LogP contribution in [-0.4, -0.2) is 37.8 Å². The van der Waals surface area contributed by atoms with Crippen molar-refractivity contribution < 1.29 is 13.2 Å². The van der Waals surface area contributed by atoms with Crippen LogP contribution in [0, 0.1) is 5.92 Å². The number of amides is 1. The highest BCUT2D eigenvalue weighted by molar-refractivity contribution is 7.89. The number of nitrogens with zero attached hydrogens (tertiary/aromatic N) is 1. The van der Waals surface area contributed by atoms with Crippen LogP contribution in [0.5, 0.6) is 0 Å².